The number of halogens is 1. The van der Waals surface area contributed by atoms with Gasteiger partial charge >= 0.3 is 0 Å². The van der Waals surface area contributed by atoms with Crippen LogP contribution in [0.15, 0.2) is 42.5 Å². The number of hydrogen-bond donors (Lipinski definition) is 1. The molecule has 0 unspecified atom stereocenters. The Labute approximate surface area is 130 Å². The zero-order valence-corrected chi connectivity index (χ0v) is 12.8. The van der Waals surface area contributed by atoms with E-state index < -0.39 is 0 Å². The summed E-state index contributed by atoms with van der Waals surface area (Å²) in [5.74, 6) is 0.856. The van der Waals surface area contributed by atoms with Gasteiger partial charge in [-0.3, -0.25) is 0 Å². The highest BCUT2D eigenvalue weighted by Gasteiger charge is 2.03. The van der Waals surface area contributed by atoms with E-state index in [1.165, 1.54) is 0 Å². The molecular formula is C17H17ClN2O. The zero-order chi connectivity index (χ0) is 15.2. The van der Waals surface area contributed by atoms with Crippen molar-refractivity contribution < 1.29 is 4.74 Å². The molecule has 0 heterocycles. The summed E-state index contributed by atoms with van der Waals surface area (Å²) < 4.78 is 5.60. The average Bonchev–Trinajstić information content (AvgIpc) is 2.46. The molecule has 108 valence electrons. The summed E-state index contributed by atoms with van der Waals surface area (Å²) in [6.07, 6.45) is 0.165. The van der Waals surface area contributed by atoms with Crippen molar-refractivity contribution in [3.05, 3.63) is 58.6 Å². The summed E-state index contributed by atoms with van der Waals surface area (Å²) in [5, 5.41) is 12.9. The SMILES string of the molecule is CC(C)Oc1ccc(CNc2cc(Cl)ccc2C#N)cc1. The average molecular weight is 301 g/mol. The van der Waals surface area contributed by atoms with Crippen molar-refractivity contribution in [3.8, 4) is 11.8 Å². The number of rotatable bonds is 5. The summed E-state index contributed by atoms with van der Waals surface area (Å²) >= 11 is 5.96. The lowest BCUT2D eigenvalue weighted by Crippen LogP contribution is -2.06. The lowest BCUT2D eigenvalue weighted by atomic mass is 10.1. The molecule has 0 atom stereocenters. The van der Waals surface area contributed by atoms with E-state index in [0.717, 1.165) is 17.0 Å². The molecular weight excluding hydrogens is 284 g/mol. The van der Waals surface area contributed by atoms with E-state index in [1.54, 1.807) is 18.2 Å². The molecule has 0 amide bonds. The predicted molar refractivity (Wildman–Crippen MR) is 85.7 cm³/mol. The van der Waals surface area contributed by atoms with Crippen molar-refractivity contribution in [1.29, 1.82) is 5.26 Å². The number of ether oxygens (including phenoxy) is 1. The molecule has 0 fully saturated rings. The maximum atomic E-state index is 9.08. The Morgan fingerprint density at radius 3 is 2.52 bits per heavy atom. The van der Waals surface area contributed by atoms with Gasteiger partial charge in [-0.15, -0.1) is 0 Å². The second-order valence-electron chi connectivity index (χ2n) is 4.97. The van der Waals surface area contributed by atoms with Crippen LogP contribution in [0, 0.1) is 11.3 Å². The fourth-order valence-corrected chi connectivity index (χ4v) is 2.09. The highest BCUT2D eigenvalue weighted by Crippen LogP contribution is 2.21. The quantitative estimate of drug-likeness (QED) is 0.877. The number of benzene rings is 2. The van der Waals surface area contributed by atoms with Crippen LogP contribution in [0.25, 0.3) is 0 Å². The van der Waals surface area contributed by atoms with Gasteiger partial charge < -0.3 is 10.1 Å². The first-order chi connectivity index (χ1) is 10.1. The predicted octanol–water partition coefficient (Wildman–Crippen LogP) is 4.61. The van der Waals surface area contributed by atoms with Gasteiger partial charge in [0.15, 0.2) is 0 Å². The maximum Gasteiger partial charge on any atom is 0.119 e. The topological polar surface area (TPSA) is 45.0 Å². The van der Waals surface area contributed by atoms with E-state index in [4.69, 9.17) is 21.6 Å². The van der Waals surface area contributed by atoms with Gasteiger partial charge in [-0.2, -0.15) is 5.26 Å². The summed E-state index contributed by atoms with van der Waals surface area (Å²) in [6, 6.07) is 15.2. The molecule has 4 heteroatoms. The van der Waals surface area contributed by atoms with Crippen molar-refractivity contribution in [1.82, 2.24) is 0 Å². The summed E-state index contributed by atoms with van der Waals surface area (Å²) in [4.78, 5) is 0. The first-order valence-corrected chi connectivity index (χ1v) is 7.15. The highest BCUT2D eigenvalue weighted by molar-refractivity contribution is 6.30. The minimum absolute atomic E-state index is 0.165. The maximum absolute atomic E-state index is 9.08. The van der Waals surface area contributed by atoms with Crippen LogP contribution in [-0.4, -0.2) is 6.10 Å². The standard InChI is InChI=1S/C17H17ClN2O/c1-12(2)21-16-7-3-13(4-8-16)11-20-17-9-15(18)6-5-14(17)10-19/h3-9,12,20H,11H2,1-2H3. The fraction of sp³-hybridized carbons (Fsp3) is 0.235. The molecule has 2 aromatic carbocycles. The molecule has 0 spiro atoms. The molecule has 3 nitrogen and oxygen atoms in total. The van der Waals surface area contributed by atoms with Crippen LogP contribution in [0.1, 0.15) is 25.0 Å². The van der Waals surface area contributed by atoms with Crippen LogP contribution in [0.5, 0.6) is 5.75 Å². The monoisotopic (exact) mass is 300 g/mol. The van der Waals surface area contributed by atoms with E-state index in [0.29, 0.717) is 17.1 Å². The van der Waals surface area contributed by atoms with Crippen LogP contribution in [-0.2, 0) is 6.54 Å². The van der Waals surface area contributed by atoms with Crippen LogP contribution < -0.4 is 10.1 Å². The molecule has 0 radical (unpaired) electrons. The fourth-order valence-electron chi connectivity index (χ4n) is 1.92. The van der Waals surface area contributed by atoms with E-state index in [1.807, 2.05) is 38.1 Å². The van der Waals surface area contributed by atoms with Crippen molar-refractivity contribution in [2.24, 2.45) is 0 Å². The number of anilines is 1. The molecule has 0 bridgehead atoms. The molecule has 1 N–H and O–H groups in total. The number of nitrogens with one attached hydrogen (secondary N) is 1. The Hall–Kier alpha value is -2.18. The van der Waals surface area contributed by atoms with Crippen LogP contribution >= 0.6 is 11.6 Å². The molecule has 0 aromatic heterocycles. The third-order valence-electron chi connectivity index (χ3n) is 2.88. The summed E-state index contributed by atoms with van der Waals surface area (Å²) in [7, 11) is 0. The molecule has 2 aromatic rings. The number of nitrogens with zero attached hydrogens (tertiary/aromatic N) is 1. The molecule has 0 saturated heterocycles. The van der Waals surface area contributed by atoms with Crippen LogP contribution in [0.2, 0.25) is 5.02 Å². The van der Waals surface area contributed by atoms with Crippen molar-refractivity contribution in [3.63, 3.8) is 0 Å². The minimum atomic E-state index is 0.165. The number of nitriles is 1. The number of hydrogen-bond acceptors (Lipinski definition) is 3. The third-order valence-corrected chi connectivity index (χ3v) is 3.12. The third kappa shape index (κ3) is 4.40. The van der Waals surface area contributed by atoms with E-state index in [9.17, 15) is 0 Å². The first kappa shape index (κ1) is 15.2. The van der Waals surface area contributed by atoms with Gasteiger partial charge in [0.25, 0.3) is 0 Å². The first-order valence-electron chi connectivity index (χ1n) is 6.77. The van der Waals surface area contributed by atoms with Crippen LogP contribution in [0.3, 0.4) is 0 Å². The van der Waals surface area contributed by atoms with Gasteiger partial charge in [0.05, 0.1) is 17.4 Å². The van der Waals surface area contributed by atoms with Crippen molar-refractivity contribution >= 4 is 17.3 Å². The summed E-state index contributed by atoms with van der Waals surface area (Å²) in [5.41, 5.74) is 2.43. The van der Waals surface area contributed by atoms with Gasteiger partial charge in [0.1, 0.15) is 11.8 Å². The Morgan fingerprint density at radius 2 is 1.90 bits per heavy atom. The molecule has 0 aliphatic heterocycles. The van der Waals surface area contributed by atoms with Crippen molar-refractivity contribution in [2.45, 2.75) is 26.5 Å². The largest absolute Gasteiger partial charge is 0.491 e. The van der Waals surface area contributed by atoms with Gasteiger partial charge in [-0.25, -0.2) is 0 Å². The normalized spacial score (nSPS) is 10.2. The summed E-state index contributed by atoms with van der Waals surface area (Å²) in [6.45, 7) is 4.62. The Morgan fingerprint density at radius 1 is 1.19 bits per heavy atom. The molecule has 2 rings (SSSR count). The van der Waals surface area contributed by atoms with Crippen LogP contribution in [0.4, 0.5) is 5.69 Å². The minimum Gasteiger partial charge on any atom is -0.491 e. The van der Waals surface area contributed by atoms with E-state index in [-0.39, 0.29) is 6.10 Å². The Kier molecular flexibility index (Phi) is 5.08. The van der Waals surface area contributed by atoms with E-state index in [2.05, 4.69) is 11.4 Å². The Bertz CT molecular complexity index is 645. The molecule has 21 heavy (non-hydrogen) atoms. The second-order valence-corrected chi connectivity index (χ2v) is 5.40. The molecule has 0 aliphatic rings. The second kappa shape index (κ2) is 7.01. The zero-order valence-electron chi connectivity index (χ0n) is 12.1. The lowest BCUT2D eigenvalue weighted by molar-refractivity contribution is 0.242. The van der Waals surface area contributed by atoms with Gasteiger partial charge in [0.2, 0.25) is 0 Å². The van der Waals surface area contributed by atoms with E-state index >= 15 is 0 Å². The molecule has 0 aliphatic carbocycles. The Balaban J connectivity index is 2.03. The van der Waals surface area contributed by atoms with Gasteiger partial charge in [-0.1, -0.05) is 23.7 Å². The van der Waals surface area contributed by atoms with Gasteiger partial charge in [-0.05, 0) is 49.7 Å². The smallest absolute Gasteiger partial charge is 0.119 e. The van der Waals surface area contributed by atoms with Crippen molar-refractivity contribution in [2.75, 3.05) is 5.32 Å². The highest BCUT2D eigenvalue weighted by atomic mass is 35.5. The molecule has 0 saturated carbocycles. The lowest BCUT2D eigenvalue weighted by Gasteiger charge is -2.11. The van der Waals surface area contributed by atoms with Gasteiger partial charge in [0, 0.05) is 11.6 Å².